The summed E-state index contributed by atoms with van der Waals surface area (Å²) in [5.41, 5.74) is 0.899. The maximum absolute atomic E-state index is 11.6. The third-order valence-electron chi connectivity index (χ3n) is 2.70. The number of hydrogen-bond acceptors (Lipinski definition) is 3. The summed E-state index contributed by atoms with van der Waals surface area (Å²) < 4.78 is 6.14. The summed E-state index contributed by atoms with van der Waals surface area (Å²) in [6.45, 7) is 0.571. The molecule has 1 aromatic carbocycles. The predicted molar refractivity (Wildman–Crippen MR) is 67.2 cm³/mol. The first-order valence-electron chi connectivity index (χ1n) is 5.49. The molecule has 1 atom stereocenters. The lowest BCUT2D eigenvalue weighted by atomic mass is 10.1. The van der Waals surface area contributed by atoms with Gasteiger partial charge in [-0.25, -0.2) is 4.79 Å². The van der Waals surface area contributed by atoms with E-state index in [9.17, 15) is 9.59 Å². The van der Waals surface area contributed by atoms with Crippen LogP contribution in [0.4, 0.5) is 4.79 Å². The van der Waals surface area contributed by atoms with E-state index in [0.29, 0.717) is 6.54 Å². The fraction of sp³-hybridized carbons (Fsp3) is 0.333. The Morgan fingerprint density at radius 1 is 1.56 bits per heavy atom. The molecule has 1 fully saturated rings. The molecule has 1 amide bonds. The highest BCUT2D eigenvalue weighted by molar-refractivity contribution is 9.10. The van der Waals surface area contributed by atoms with E-state index in [-0.39, 0.29) is 19.1 Å². The lowest BCUT2D eigenvalue weighted by molar-refractivity contribution is -0.137. The standard InChI is InChI=1S/C12H12BrNO4/c13-9-3-1-2-8(6-9)10-7-14(12(17)18-10)5-4-11(15)16/h1-3,6,10H,4-5,7H2,(H,15,16). The number of nitrogens with zero attached hydrogens (tertiary/aromatic N) is 1. The molecule has 1 aliphatic heterocycles. The normalized spacial score (nSPS) is 18.8. The van der Waals surface area contributed by atoms with Crippen molar-refractivity contribution in [2.24, 2.45) is 0 Å². The Kier molecular flexibility index (Phi) is 3.86. The van der Waals surface area contributed by atoms with Gasteiger partial charge in [-0.15, -0.1) is 0 Å². The van der Waals surface area contributed by atoms with Crippen LogP contribution in [-0.4, -0.2) is 35.2 Å². The lowest BCUT2D eigenvalue weighted by Gasteiger charge is -2.11. The van der Waals surface area contributed by atoms with Crippen molar-refractivity contribution in [3.63, 3.8) is 0 Å². The molecule has 6 heteroatoms. The van der Waals surface area contributed by atoms with Crippen LogP contribution in [0, 0.1) is 0 Å². The number of hydrogen-bond donors (Lipinski definition) is 1. The van der Waals surface area contributed by atoms with Gasteiger partial charge in [-0.3, -0.25) is 4.79 Å². The molecule has 1 unspecified atom stereocenters. The number of carboxylic acid groups (broad SMARTS) is 1. The molecule has 96 valence electrons. The number of rotatable bonds is 4. The van der Waals surface area contributed by atoms with Crippen molar-refractivity contribution in [3.8, 4) is 0 Å². The molecule has 2 rings (SSSR count). The lowest BCUT2D eigenvalue weighted by Crippen LogP contribution is -2.27. The van der Waals surface area contributed by atoms with E-state index in [1.54, 1.807) is 0 Å². The van der Waals surface area contributed by atoms with E-state index in [4.69, 9.17) is 9.84 Å². The summed E-state index contributed by atoms with van der Waals surface area (Å²) in [6, 6.07) is 7.53. The smallest absolute Gasteiger partial charge is 0.410 e. The van der Waals surface area contributed by atoms with Crippen LogP contribution in [0.2, 0.25) is 0 Å². The maximum atomic E-state index is 11.6. The molecule has 0 bridgehead atoms. The van der Waals surface area contributed by atoms with Gasteiger partial charge in [-0.2, -0.15) is 0 Å². The number of benzene rings is 1. The first-order valence-corrected chi connectivity index (χ1v) is 6.28. The van der Waals surface area contributed by atoms with Gasteiger partial charge >= 0.3 is 12.1 Å². The number of amides is 1. The molecule has 1 aromatic rings. The van der Waals surface area contributed by atoms with Gasteiger partial charge in [-0.05, 0) is 17.7 Å². The Bertz CT molecular complexity index is 477. The molecular formula is C12H12BrNO4. The van der Waals surface area contributed by atoms with E-state index in [0.717, 1.165) is 10.0 Å². The minimum Gasteiger partial charge on any atom is -0.481 e. The zero-order valence-corrected chi connectivity index (χ0v) is 11.1. The first kappa shape index (κ1) is 12.9. The van der Waals surface area contributed by atoms with Gasteiger partial charge in [0.1, 0.15) is 6.10 Å². The molecule has 5 nitrogen and oxygen atoms in total. The van der Waals surface area contributed by atoms with Gasteiger partial charge in [0, 0.05) is 11.0 Å². The SMILES string of the molecule is O=C(O)CCN1CC(c2cccc(Br)c2)OC1=O. The highest BCUT2D eigenvalue weighted by atomic mass is 79.9. The zero-order chi connectivity index (χ0) is 13.1. The van der Waals surface area contributed by atoms with Crippen molar-refractivity contribution in [3.05, 3.63) is 34.3 Å². The maximum Gasteiger partial charge on any atom is 0.410 e. The van der Waals surface area contributed by atoms with E-state index in [2.05, 4.69) is 15.9 Å². The van der Waals surface area contributed by atoms with Crippen LogP contribution in [0.15, 0.2) is 28.7 Å². The summed E-state index contributed by atoms with van der Waals surface area (Å²) in [5, 5.41) is 8.59. The Hall–Kier alpha value is -1.56. The van der Waals surface area contributed by atoms with E-state index < -0.39 is 12.1 Å². The van der Waals surface area contributed by atoms with Gasteiger partial charge in [0.25, 0.3) is 0 Å². The van der Waals surface area contributed by atoms with Crippen molar-refractivity contribution in [2.45, 2.75) is 12.5 Å². The number of halogens is 1. The van der Waals surface area contributed by atoms with Crippen molar-refractivity contribution in [1.82, 2.24) is 4.90 Å². The van der Waals surface area contributed by atoms with Crippen molar-refractivity contribution in [2.75, 3.05) is 13.1 Å². The molecule has 0 aromatic heterocycles. The number of carbonyl (C=O) groups excluding carboxylic acids is 1. The summed E-state index contributed by atoms with van der Waals surface area (Å²) in [4.78, 5) is 23.4. The number of ether oxygens (including phenoxy) is 1. The quantitative estimate of drug-likeness (QED) is 0.927. The molecule has 0 radical (unpaired) electrons. The molecule has 1 aliphatic rings. The molecule has 0 aliphatic carbocycles. The number of carbonyl (C=O) groups is 2. The fourth-order valence-corrected chi connectivity index (χ4v) is 2.22. The molecule has 1 saturated heterocycles. The second-order valence-corrected chi connectivity index (χ2v) is 4.93. The molecular weight excluding hydrogens is 302 g/mol. The average Bonchev–Trinajstić information content (AvgIpc) is 2.68. The van der Waals surface area contributed by atoms with Gasteiger partial charge < -0.3 is 14.7 Å². The van der Waals surface area contributed by atoms with Crippen LogP contribution in [-0.2, 0) is 9.53 Å². The molecule has 1 N–H and O–H groups in total. The molecule has 0 saturated carbocycles. The van der Waals surface area contributed by atoms with Crippen LogP contribution in [0.5, 0.6) is 0 Å². The number of carboxylic acids is 1. The Morgan fingerprint density at radius 3 is 3.00 bits per heavy atom. The number of aliphatic carboxylic acids is 1. The van der Waals surface area contributed by atoms with Crippen LogP contribution in [0.25, 0.3) is 0 Å². The summed E-state index contributed by atoms with van der Waals surface area (Å²) in [5.74, 6) is -0.922. The third-order valence-corrected chi connectivity index (χ3v) is 3.20. The Morgan fingerprint density at radius 2 is 2.33 bits per heavy atom. The van der Waals surface area contributed by atoms with Crippen LogP contribution in [0.1, 0.15) is 18.1 Å². The van der Waals surface area contributed by atoms with Crippen LogP contribution >= 0.6 is 15.9 Å². The minimum atomic E-state index is -0.922. The van der Waals surface area contributed by atoms with Crippen LogP contribution < -0.4 is 0 Å². The van der Waals surface area contributed by atoms with Gasteiger partial charge in [0.2, 0.25) is 0 Å². The largest absolute Gasteiger partial charge is 0.481 e. The highest BCUT2D eigenvalue weighted by Gasteiger charge is 2.32. The zero-order valence-electron chi connectivity index (χ0n) is 9.51. The molecule has 1 heterocycles. The molecule has 0 spiro atoms. The highest BCUT2D eigenvalue weighted by Crippen LogP contribution is 2.27. The monoisotopic (exact) mass is 313 g/mol. The Balaban J connectivity index is 2.02. The first-order chi connectivity index (χ1) is 8.56. The minimum absolute atomic E-state index is 0.0691. The van der Waals surface area contributed by atoms with E-state index in [1.165, 1.54) is 4.90 Å². The Labute approximate surface area is 112 Å². The third kappa shape index (κ3) is 3.01. The summed E-state index contributed by atoms with van der Waals surface area (Å²) >= 11 is 3.36. The topological polar surface area (TPSA) is 66.8 Å². The molecule has 18 heavy (non-hydrogen) atoms. The fourth-order valence-electron chi connectivity index (χ4n) is 1.80. The predicted octanol–water partition coefficient (Wildman–Crippen LogP) is 2.42. The average molecular weight is 314 g/mol. The van der Waals surface area contributed by atoms with Crippen molar-refractivity contribution in [1.29, 1.82) is 0 Å². The van der Waals surface area contributed by atoms with Gasteiger partial charge in [0.15, 0.2) is 0 Å². The van der Waals surface area contributed by atoms with Crippen molar-refractivity contribution < 1.29 is 19.4 Å². The second-order valence-electron chi connectivity index (χ2n) is 4.02. The van der Waals surface area contributed by atoms with E-state index >= 15 is 0 Å². The van der Waals surface area contributed by atoms with Gasteiger partial charge in [0.05, 0.1) is 13.0 Å². The number of cyclic esters (lactones) is 1. The summed E-state index contributed by atoms with van der Waals surface area (Å²) in [7, 11) is 0. The van der Waals surface area contributed by atoms with E-state index in [1.807, 2.05) is 24.3 Å². The van der Waals surface area contributed by atoms with Gasteiger partial charge in [-0.1, -0.05) is 28.1 Å². The summed E-state index contributed by atoms with van der Waals surface area (Å²) in [6.07, 6.45) is -0.856. The van der Waals surface area contributed by atoms with Crippen LogP contribution in [0.3, 0.4) is 0 Å². The second kappa shape index (κ2) is 5.39. The van der Waals surface area contributed by atoms with Crippen molar-refractivity contribution >= 4 is 28.0 Å².